The Hall–Kier alpha value is -1.88. The molecule has 0 aliphatic carbocycles. The molecule has 1 amide bonds. The SMILES string of the molecule is Cc1nc2ccc(N(C)C(=O)CO)cc2[nH]1. The van der Waals surface area contributed by atoms with Crippen molar-refractivity contribution in [1.82, 2.24) is 9.97 Å². The summed E-state index contributed by atoms with van der Waals surface area (Å²) in [6.45, 7) is 1.39. The highest BCUT2D eigenvalue weighted by atomic mass is 16.3. The van der Waals surface area contributed by atoms with E-state index in [2.05, 4.69) is 9.97 Å². The van der Waals surface area contributed by atoms with E-state index in [4.69, 9.17) is 5.11 Å². The predicted octanol–water partition coefficient (Wildman–Crippen LogP) is 0.826. The zero-order valence-electron chi connectivity index (χ0n) is 9.19. The van der Waals surface area contributed by atoms with Crippen LogP contribution >= 0.6 is 0 Å². The molecule has 5 heteroatoms. The standard InChI is InChI=1S/C11H13N3O2/c1-7-12-9-4-3-8(5-10(9)13-7)14(2)11(16)6-15/h3-5,15H,6H2,1-2H3,(H,12,13). The van der Waals surface area contributed by atoms with Crippen LogP contribution in [-0.4, -0.2) is 34.6 Å². The van der Waals surface area contributed by atoms with Gasteiger partial charge in [-0.2, -0.15) is 0 Å². The Balaban J connectivity index is 2.42. The number of nitrogens with zero attached hydrogens (tertiary/aromatic N) is 2. The van der Waals surface area contributed by atoms with Crippen LogP contribution < -0.4 is 4.90 Å². The van der Waals surface area contributed by atoms with E-state index in [0.29, 0.717) is 0 Å². The lowest BCUT2D eigenvalue weighted by Crippen LogP contribution is -2.28. The van der Waals surface area contributed by atoms with E-state index in [9.17, 15) is 4.79 Å². The van der Waals surface area contributed by atoms with Crippen molar-refractivity contribution >= 4 is 22.6 Å². The maximum Gasteiger partial charge on any atom is 0.252 e. The number of rotatable bonds is 2. The van der Waals surface area contributed by atoms with Crippen LogP contribution in [0.15, 0.2) is 18.2 Å². The van der Waals surface area contributed by atoms with E-state index >= 15 is 0 Å². The number of hydrogen-bond acceptors (Lipinski definition) is 3. The first-order valence-corrected chi connectivity index (χ1v) is 4.95. The van der Waals surface area contributed by atoms with Crippen LogP contribution in [0, 0.1) is 6.92 Å². The minimum absolute atomic E-state index is 0.337. The Morgan fingerprint density at radius 1 is 1.56 bits per heavy atom. The minimum Gasteiger partial charge on any atom is -0.387 e. The number of H-pyrrole nitrogens is 1. The molecule has 0 saturated carbocycles. The van der Waals surface area contributed by atoms with Crippen LogP contribution in [0.3, 0.4) is 0 Å². The number of aryl methyl sites for hydroxylation is 1. The van der Waals surface area contributed by atoms with Crippen LogP contribution in [0.4, 0.5) is 5.69 Å². The molecular formula is C11H13N3O2. The second kappa shape index (κ2) is 3.94. The van der Waals surface area contributed by atoms with Gasteiger partial charge in [0, 0.05) is 12.7 Å². The van der Waals surface area contributed by atoms with E-state index in [1.165, 1.54) is 4.90 Å². The summed E-state index contributed by atoms with van der Waals surface area (Å²) in [7, 11) is 1.63. The number of aromatic nitrogens is 2. The molecule has 5 nitrogen and oxygen atoms in total. The molecule has 0 spiro atoms. The maximum absolute atomic E-state index is 11.3. The summed E-state index contributed by atoms with van der Waals surface area (Å²) >= 11 is 0. The van der Waals surface area contributed by atoms with Crippen molar-refractivity contribution in [3.05, 3.63) is 24.0 Å². The van der Waals surface area contributed by atoms with Gasteiger partial charge in [0.15, 0.2) is 0 Å². The number of amides is 1. The number of fused-ring (bicyclic) bond motifs is 1. The molecule has 0 radical (unpaired) electrons. The molecule has 2 rings (SSSR count). The van der Waals surface area contributed by atoms with Crippen LogP contribution in [0.5, 0.6) is 0 Å². The number of aromatic amines is 1. The molecule has 0 saturated heterocycles. The van der Waals surface area contributed by atoms with Gasteiger partial charge in [0.1, 0.15) is 12.4 Å². The number of carbonyl (C=O) groups is 1. The average molecular weight is 219 g/mol. The lowest BCUT2D eigenvalue weighted by atomic mass is 10.2. The normalized spacial score (nSPS) is 10.7. The lowest BCUT2D eigenvalue weighted by molar-refractivity contribution is -0.120. The van der Waals surface area contributed by atoms with Crippen molar-refractivity contribution < 1.29 is 9.90 Å². The molecule has 1 aromatic heterocycles. The highest BCUT2D eigenvalue weighted by Crippen LogP contribution is 2.19. The molecule has 0 unspecified atom stereocenters. The fraction of sp³-hybridized carbons (Fsp3) is 0.273. The van der Waals surface area contributed by atoms with Gasteiger partial charge in [-0.1, -0.05) is 0 Å². The fourth-order valence-corrected chi connectivity index (χ4v) is 1.58. The third kappa shape index (κ3) is 1.77. The van der Waals surface area contributed by atoms with E-state index in [0.717, 1.165) is 22.5 Å². The van der Waals surface area contributed by atoms with Gasteiger partial charge in [0.2, 0.25) is 0 Å². The van der Waals surface area contributed by atoms with Gasteiger partial charge in [0.25, 0.3) is 5.91 Å². The molecule has 0 aliphatic heterocycles. The highest BCUT2D eigenvalue weighted by Gasteiger charge is 2.10. The van der Waals surface area contributed by atoms with Crippen molar-refractivity contribution in [2.45, 2.75) is 6.92 Å². The number of aliphatic hydroxyl groups is 1. The molecule has 16 heavy (non-hydrogen) atoms. The Bertz CT molecular complexity index is 533. The van der Waals surface area contributed by atoms with Crippen LogP contribution in [-0.2, 0) is 4.79 Å². The van der Waals surface area contributed by atoms with Gasteiger partial charge in [-0.05, 0) is 25.1 Å². The fourth-order valence-electron chi connectivity index (χ4n) is 1.58. The van der Waals surface area contributed by atoms with Crippen molar-refractivity contribution in [1.29, 1.82) is 0 Å². The second-order valence-corrected chi connectivity index (χ2v) is 3.63. The van der Waals surface area contributed by atoms with E-state index < -0.39 is 6.61 Å². The molecular weight excluding hydrogens is 206 g/mol. The summed E-state index contributed by atoms with van der Waals surface area (Å²) in [5, 5.41) is 8.77. The van der Waals surface area contributed by atoms with Crippen molar-refractivity contribution in [2.24, 2.45) is 0 Å². The van der Waals surface area contributed by atoms with Gasteiger partial charge in [-0.25, -0.2) is 4.98 Å². The number of likely N-dealkylation sites (N-methyl/N-ethyl adjacent to an activating group) is 1. The molecule has 2 N–H and O–H groups in total. The summed E-state index contributed by atoms with van der Waals surface area (Å²) in [4.78, 5) is 20.1. The Kier molecular flexibility index (Phi) is 2.62. The second-order valence-electron chi connectivity index (χ2n) is 3.63. The number of benzene rings is 1. The summed E-state index contributed by atoms with van der Waals surface area (Å²) in [6, 6.07) is 5.48. The molecule has 1 heterocycles. The largest absolute Gasteiger partial charge is 0.387 e. The summed E-state index contributed by atoms with van der Waals surface area (Å²) < 4.78 is 0. The van der Waals surface area contributed by atoms with Gasteiger partial charge >= 0.3 is 0 Å². The maximum atomic E-state index is 11.3. The van der Waals surface area contributed by atoms with E-state index in [1.54, 1.807) is 13.1 Å². The minimum atomic E-state index is -0.490. The monoisotopic (exact) mass is 219 g/mol. The van der Waals surface area contributed by atoms with E-state index in [-0.39, 0.29) is 5.91 Å². The third-order valence-electron chi connectivity index (χ3n) is 2.48. The molecule has 0 atom stereocenters. The zero-order chi connectivity index (χ0) is 11.7. The first kappa shape index (κ1) is 10.6. The number of anilines is 1. The van der Waals surface area contributed by atoms with Crippen LogP contribution in [0.2, 0.25) is 0 Å². The van der Waals surface area contributed by atoms with Crippen molar-refractivity contribution in [3.63, 3.8) is 0 Å². The highest BCUT2D eigenvalue weighted by molar-refractivity contribution is 5.95. The summed E-state index contributed by atoms with van der Waals surface area (Å²) in [6.07, 6.45) is 0. The molecule has 2 aromatic rings. The predicted molar refractivity (Wildman–Crippen MR) is 61.3 cm³/mol. The van der Waals surface area contributed by atoms with Crippen LogP contribution in [0.1, 0.15) is 5.82 Å². The summed E-state index contributed by atoms with van der Waals surface area (Å²) in [5.74, 6) is 0.499. The van der Waals surface area contributed by atoms with Gasteiger partial charge in [-0.3, -0.25) is 4.79 Å². The molecule has 84 valence electrons. The number of hydrogen-bond donors (Lipinski definition) is 2. The van der Waals surface area contributed by atoms with Crippen molar-refractivity contribution in [2.75, 3.05) is 18.6 Å². The van der Waals surface area contributed by atoms with Crippen LogP contribution in [0.25, 0.3) is 11.0 Å². The number of nitrogens with one attached hydrogen (secondary N) is 1. The number of imidazole rings is 1. The topological polar surface area (TPSA) is 69.2 Å². The average Bonchev–Trinajstić information content (AvgIpc) is 2.65. The number of carbonyl (C=O) groups excluding carboxylic acids is 1. The first-order chi connectivity index (χ1) is 7.61. The first-order valence-electron chi connectivity index (χ1n) is 4.95. The number of aliphatic hydroxyl groups excluding tert-OH is 1. The molecule has 0 aliphatic rings. The van der Waals surface area contributed by atoms with Gasteiger partial charge in [0.05, 0.1) is 11.0 Å². The Morgan fingerprint density at radius 3 is 3.00 bits per heavy atom. The molecule has 0 fully saturated rings. The third-order valence-corrected chi connectivity index (χ3v) is 2.48. The zero-order valence-corrected chi connectivity index (χ0v) is 9.19. The van der Waals surface area contributed by atoms with Gasteiger partial charge < -0.3 is 15.0 Å². The molecule has 1 aromatic carbocycles. The van der Waals surface area contributed by atoms with Crippen molar-refractivity contribution in [3.8, 4) is 0 Å². The van der Waals surface area contributed by atoms with Gasteiger partial charge in [-0.15, -0.1) is 0 Å². The Labute approximate surface area is 92.7 Å². The Morgan fingerprint density at radius 2 is 2.31 bits per heavy atom. The summed E-state index contributed by atoms with van der Waals surface area (Å²) in [5.41, 5.74) is 2.48. The lowest BCUT2D eigenvalue weighted by Gasteiger charge is -2.15. The smallest absolute Gasteiger partial charge is 0.252 e. The molecule has 0 bridgehead atoms. The quantitative estimate of drug-likeness (QED) is 0.785. The van der Waals surface area contributed by atoms with E-state index in [1.807, 2.05) is 19.1 Å².